The molecule has 0 spiro atoms. The Morgan fingerprint density at radius 2 is 1.47 bits per heavy atom. The van der Waals surface area contributed by atoms with Gasteiger partial charge in [-0.2, -0.15) is 0 Å². The maximum Gasteiger partial charge on any atom is 1.00 e. The van der Waals surface area contributed by atoms with E-state index < -0.39 is 14.6 Å². The molecular formula is C7H7Na3O6P2S. The van der Waals surface area contributed by atoms with E-state index in [2.05, 4.69) is 4.31 Å². The zero-order valence-electron chi connectivity index (χ0n) is 10.8. The molecule has 0 amide bonds. The Bertz CT molecular complexity index is 442. The van der Waals surface area contributed by atoms with Crippen LogP contribution in [0.1, 0.15) is 5.56 Å². The van der Waals surface area contributed by atoms with Crippen LogP contribution in [-0.2, 0) is 19.2 Å². The molecule has 0 N–H and O–H groups in total. The van der Waals surface area contributed by atoms with Crippen LogP contribution in [-0.4, -0.2) is 0 Å². The average molecular weight is 350 g/mol. The second-order valence-electron chi connectivity index (χ2n) is 2.74. The zero-order chi connectivity index (χ0) is 12.2. The van der Waals surface area contributed by atoms with Gasteiger partial charge in [0.2, 0.25) is 0 Å². The van der Waals surface area contributed by atoms with Crippen molar-refractivity contribution in [2.75, 3.05) is 0 Å². The van der Waals surface area contributed by atoms with Gasteiger partial charge in [0.05, 0.1) is 7.82 Å². The summed E-state index contributed by atoms with van der Waals surface area (Å²) in [6, 6.07) is 8.50. The normalized spacial score (nSPS) is 13.2. The predicted octanol–water partition coefficient (Wildman–Crippen LogP) is -8.75. The molecule has 0 saturated carbocycles. The van der Waals surface area contributed by atoms with Gasteiger partial charge in [-0.05, 0) is 5.56 Å². The van der Waals surface area contributed by atoms with E-state index in [1.807, 2.05) is 0 Å². The first-order chi connectivity index (χ1) is 7.29. The molecule has 0 aromatic heterocycles. The van der Waals surface area contributed by atoms with Gasteiger partial charge in [0.1, 0.15) is 0 Å². The number of hydrogen-bond donors (Lipinski definition) is 0. The Hall–Kier alpha value is 2.87. The monoisotopic (exact) mass is 350 g/mol. The van der Waals surface area contributed by atoms with E-state index in [0.29, 0.717) is 5.56 Å². The molecule has 19 heavy (non-hydrogen) atoms. The first-order valence-corrected chi connectivity index (χ1v) is 8.61. The molecule has 0 bridgehead atoms. The van der Waals surface area contributed by atoms with Crippen molar-refractivity contribution >= 4 is 26.0 Å². The maximum absolute atomic E-state index is 11.0. The summed E-state index contributed by atoms with van der Waals surface area (Å²) in [4.78, 5) is 31.3. The van der Waals surface area contributed by atoms with E-state index in [1.165, 1.54) is 0 Å². The van der Waals surface area contributed by atoms with Crippen molar-refractivity contribution in [3.63, 3.8) is 0 Å². The van der Waals surface area contributed by atoms with Crippen molar-refractivity contribution in [2.45, 2.75) is 5.75 Å². The molecule has 1 aromatic carbocycles. The topological polar surface area (TPSA) is 113 Å². The van der Waals surface area contributed by atoms with Crippen LogP contribution in [0.4, 0.5) is 0 Å². The van der Waals surface area contributed by atoms with E-state index in [4.69, 9.17) is 0 Å². The van der Waals surface area contributed by atoms with Gasteiger partial charge in [-0.25, -0.2) is 0 Å². The van der Waals surface area contributed by atoms with Gasteiger partial charge in [0, 0.05) is 5.75 Å². The van der Waals surface area contributed by atoms with Crippen LogP contribution in [0.25, 0.3) is 0 Å². The first-order valence-electron chi connectivity index (χ1n) is 4.01. The second kappa shape index (κ2) is 12.3. The molecule has 6 nitrogen and oxygen atoms in total. The summed E-state index contributed by atoms with van der Waals surface area (Å²) in [7, 11) is -5.50. The molecule has 0 aliphatic heterocycles. The fourth-order valence-corrected chi connectivity index (χ4v) is 4.62. The standard InChI is InChI=1S/C7H10O6P2S.3Na/c8-14(9,10)13-15(11,12)16-6-7-4-2-1-3-5-7;;;/h1-5H,6H2,(H,11,12)(H2,8,9,10);;;/q;3*+1/p-3. The summed E-state index contributed by atoms with van der Waals surface area (Å²) < 4.78 is 24.6. The summed E-state index contributed by atoms with van der Waals surface area (Å²) in [5.41, 5.74) is 0.679. The van der Waals surface area contributed by atoms with Gasteiger partial charge >= 0.3 is 88.7 Å². The largest absolute Gasteiger partial charge is 1.00 e. The van der Waals surface area contributed by atoms with Crippen molar-refractivity contribution in [3.8, 4) is 0 Å². The molecule has 0 fully saturated rings. The van der Waals surface area contributed by atoms with Crippen molar-refractivity contribution in [1.82, 2.24) is 0 Å². The number of benzene rings is 1. The zero-order valence-corrected chi connectivity index (χ0v) is 19.5. The van der Waals surface area contributed by atoms with Crippen molar-refractivity contribution in [2.24, 2.45) is 0 Å². The van der Waals surface area contributed by atoms with Gasteiger partial charge in [-0.1, -0.05) is 41.7 Å². The minimum atomic E-state index is -5.50. The van der Waals surface area contributed by atoms with Gasteiger partial charge in [0.25, 0.3) is 0 Å². The molecule has 0 radical (unpaired) electrons. The molecule has 0 heterocycles. The fourth-order valence-electron chi connectivity index (χ4n) is 0.874. The molecule has 1 aromatic rings. The molecule has 0 saturated heterocycles. The first kappa shape index (κ1) is 26.8. The van der Waals surface area contributed by atoms with Crippen LogP contribution >= 0.6 is 26.0 Å². The molecule has 90 valence electrons. The average Bonchev–Trinajstić information content (AvgIpc) is 2.13. The van der Waals surface area contributed by atoms with Crippen molar-refractivity contribution in [1.29, 1.82) is 0 Å². The second-order valence-corrected chi connectivity index (χ2v) is 7.84. The quantitative estimate of drug-likeness (QED) is 0.383. The van der Waals surface area contributed by atoms with E-state index in [9.17, 15) is 23.8 Å². The minimum Gasteiger partial charge on any atom is -0.790 e. The third kappa shape index (κ3) is 14.2. The molecule has 1 atom stereocenters. The predicted molar refractivity (Wildman–Crippen MR) is 54.0 cm³/mol. The maximum atomic E-state index is 11.0. The Morgan fingerprint density at radius 3 is 1.89 bits per heavy atom. The SMILES string of the molecule is O=P([O-])([O-])OP(=O)([O-])SCc1ccccc1.[Na+].[Na+].[Na+]. The van der Waals surface area contributed by atoms with Gasteiger partial charge in [0.15, 0.2) is 6.80 Å². The molecule has 0 aliphatic rings. The smallest absolute Gasteiger partial charge is 0.790 e. The Labute approximate surface area is 181 Å². The summed E-state index contributed by atoms with van der Waals surface area (Å²) in [5.74, 6) is 0.0155. The van der Waals surface area contributed by atoms with E-state index in [-0.39, 0.29) is 106 Å². The van der Waals surface area contributed by atoms with Gasteiger partial charge in [-0.15, -0.1) is 0 Å². The van der Waals surface area contributed by atoms with Gasteiger partial charge in [-0.3, -0.25) is 8.88 Å². The van der Waals surface area contributed by atoms with Crippen LogP contribution in [0.5, 0.6) is 0 Å². The number of hydrogen-bond acceptors (Lipinski definition) is 7. The Balaban J connectivity index is -0.000000853. The summed E-state index contributed by atoms with van der Waals surface area (Å²) in [6.45, 7) is -4.70. The minimum absolute atomic E-state index is 0. The molecule has 1 unspecified atom stereocenters. The molecule has 1 rings (SSSR count). The van der Waals surface area contributed by atoms with Crippen molar-refractivity contribution in [3.05, 3.63) is 35.9 Å². The van der Waals surface area contributed by atoms with E-state index in [0.717, 1.165) is 0 Å². The molecule has 0 aliphatic carbocycles. The van der Waals surface area contributed by atoms with Crippen LogP contribution in [0.15, 0.2) is 30.3 Å². The third-order valence-corrected chi connectivity index (χ3v) is 5.75. The molecular weight excluding hydrogens is 343 g/mol. The molecule has 12 heteroatoms. The fraction of sp³-hybridized carbons (Fsp3) is 0.143. The number of phosphoric acid groups is 1. The summed E-state index contributed by atoms with van der Waals surface area (Å²) in [6.07, 6.45) is 0. The van der Waals surface area contributed by atoms with Crippen LogP contribution in [0, 0.1) is 0 Å². The van der Waals surface area contributed by atoms with Gasteiger partial charge < -0.3 is 19.2 Å². The summed E-state index contributed by atoms with van der Waals surface area (Å²) in [5, 5.41) is 0. The van der Waals surface area contributed by atoms with E-state index >= 15 is 0 Å². The Morgan fingerprint density at radius 1 is 1.00 bits per heavy atom. The number of rotatable bonds is 5. The van der Waals surface area contributed by atoms with Crippen LogP contribution in [0.3, 0.4) is 0 Å². The Kier molecular flexibility index (Phi) is 17.3. The third-order valence-electron chi connectivity index (χ3n) is 1.43. The summed E-state index contributed by atoms with van der Waals surface area (Å²) >= 11 is 0.264. The van der Waals surface area contributed by atoms with Crippen LogP contribution in [0.2, 0.25) is 0 Å². The van der Waals surface area contributed by atoms with Crippen molar-refractivity contribution < 1.29 is 117 Å². The van der Waals surface area contributed by atoms with E-state index in [1.54, 1.807) is 30.3 Å². The van der Waals surface area contributed by atoms with Crippen LogP contribution < -0.4 is 103 Å².